The molecule has 2 heterocycles. The van der Waals surface area contributed by atoms with E-state index in [9.17, 15) is 0 Å². The van der Waals surface area contributed by atoms with Crippen LogP contribution in [0.3, 0.4) is 0 Å². The number of halogens is 1. The minimum atomic E-state index is 0. The number of likely N-dealkylation sites (tertiary alicyclic amines) is 1. The molecule has 0 aromatic carbocycles. The Kier molecular flexibility index (Phi) is 11.9. The second-order valence-electron chi connectivity index (χ2n) is 6.53. The molecule has 26 heavy (non-hydrogen) atoms. The van der Waals surface area contributed by atoms with Gasteiger partial charge in [0, 0.05) is 52.5 Å². The van der Waals surface area contributed by atoms with Crippen molar-refractivity contribution in [3.8, 4) is 0 Å². The average molecular weight is 479 g/mol. The van der Waals surface area contributed by atoms with Crippen molar-refractivity contribution in [3.05, 3.63) is 18.0 Å². The zero-order chi connectivity index (χ0) is 17.9. The van der Waals surface area contributed by atoms with E-state index in [4.69, 9.17) is 14.5 Å². The Hall–Kier alpha value is -0.870. The molecule has 1 unspecified atom stereocenters. The molecule has 0 saturated carbocycles. The standard InChI is InChI=1S/C18H33N5O2.HI/c1-4-19-18(20-8-5-6-16-12-21-22(2)13-16)23-9-7-17(14-23)15-25-11-10-24-3;/h12-13,17H,4-11,14-15H2,1-3H3,(H,19,20);1H. The fourth-order valence-electron chi connectivity index (χ4n) is 3.05. The lowest BCUT2D eigenvalue weighted by molar-refractivity contribution is 0.0536. The third-order valence-corrected chi connectivity index (χ3v) is 4.35. The maximum absolute atomic E-state index is 5.68. The van der Waals surface area contributed by atoms with E-state index in [0.29, 0.717) is 19.1 Å². The first kappa shape index (κ1) is 23.2. The summed E-state index contributed by atoms with van der Waals surface area (Å²) in [6, 6.07) is 0. The topological polar surface area (TPSA) is 63.9 Å². The normalized spacial score (nSPS) is 17.4. The molecule has 0 spiro atoms. The highest BCUT2D eigenvalue weighted by Gasteiger charge is 2.24. The molecule has 7 nitrogen and oxygen atoms in total. The van der Waals surface area contributed by atoms with Gasteiger partial charge in [-0.25, -0.2) is 0 Å². The van der Waals surface area contributed by atoms with Crippen LogP contribution in [0.2, 0.25) is 0 Å². The molecule has 1 aliphatic heterocycles. The molecule has 2 rings (SSSR count). The number of hydrogen-bond acceptors (Lipinski definition) is 4. The summed E-state index contributed by atoms with van der Waals surface area (Å²) in [6.45, 7) is 8.06. The molecule has 1 atom stereocenters. The summed E-state index contributed by atoms with van der Waals surface area (Å²) in [6.07, 6.45) is 7.23. The van der Waals surface area contributed by atoms with Gasteiger partial charge in [0.05, 0.1) is 26.0 Å². The van der Waals surface area contributed by atoms with Gasteiger partial charge in [-0.1, -0.05) is 0 Å². The van der Waals surface area contributed by atoms with Crippen molar-refractivity contribution in [1.29, 1.82) is 0 Å². The van der Waals surface area contributed by atoms with Crippen LogP contribution in [-0.2, 0) is 22.9 Å². The molecular formula is C18H34IN5O2. The molecule has 1 aromatic heterocycles. The predicted molar refractivity (Wildman–Crippen MR) is 115 cm³/mol. The molecule has 8 heteroatoms. The minimum Gasteiger partial charge on any atom is -0.382 e. The van der Waals surface area contributed by atoms with Gasteiger partial charge in [0.15, 0.2) is 5.96 Å². The number of nitrogens with one attached hydrogen (secondary N) is 1. The van der Waals surface area contributed by atoms with Gasteiger partial charge in [-0.2, -0.15) is 5.10 Å². The first-order chi connectivity index (χ1) is 12.2. The quantitative estimate of drug-likeness (QED) is 0.241. The van der Waals surface area contributed by atoms with Crippen molar-refractivity contribution >= 4 is 29.9 Å². The lowest BCUT2D eigenvalue weighted by atomic mass is 10.1. The Morgan fingerprint density at radius 2 is 2.27 bits per heavy atom. The molecule has 1 fully saturated rings. The Labute approximate surface area is 174 Å². The Balaban J connectivity index is 0.00000338. The van der Waals surface area contributed by atoms with E-state index in [1.54, 1.807) is 7.11 Å². The van der Waals surface area contributed by atoms with Gasteiger partial charge in [-0.3, -0.25) is 9.67 Å². The van der Waals surface area contributed by atoms with Crippen LogP contribution in [-0.4, -0.2) is 73.7 Å². The van der Waals surface area contributed by atoms with Gasteiger partial charge in [0.2, 0.25) is 0 Å². The first-order valence-electron chi connectivity index (χ1n) is 9.30. The fourth-order valence-corrected chi connectivity index (χ4v) is 3.05. The minimum absolute atomic E-state index is 0. The molecule has 1 N–H and O–H groups in total. The van der Waals surface area contributed by atoms with E-state index in [1.165, 1.54) is 5.56 Å². The zero-order valence-corrected chi connectivity index (χ0v) is 18.6. The van der Waals surface area contributed by atoms with Crippen molar-refractivity contribution in [3.63, 3.8) is 0 Å². The van der Waals surface area contributed by atoms with Crippen molar-refractivity contribution < 1.29 is 9.47 Å². The van der Waals surface area contributed by atoms with Gasteiger partial charge >= 0.3 is 0 Å². The number of guanidine groups is 1. The van der Waals surface area contributed by atoms with E-state index in [0.717, 1.165) is 58.0 Å². The molecule has 1 saturated heterocycles. The number of nitrogens with zero attached hydrogens (tertiary/aromatic N) is 4. The number of hydrogen-bond donors (Lipinski definition) is 1. The van der Waals surface area contributed by atoms with Crippen LogP contribution in [0.1, 0.15) is 25.3 Å². The highest BCUT2D eigenvalue weighted by molar-refractivity contribution is 14.0. The summed E-state index contributed by atoms with van der Waals surface area (Å²) in [4.78, 5) is 7.16. The second kappa shape index (κ2) is 13.3. The molecule has 0 radical (unpaired) electrons. The zero-order valence-electron chi connectivity index (χ0n) is 16.3. The van der Waals surface area contributed by atoms with Crippen LogP contribution in [0.15, 0.2) is 17.4 Å². The molecule has 1 aliphatic rings. The number of methoxy groups -OCH3 is 1. The van der Waals surface area contributed by atoms with Gasteiger partial charge in [-0.05, 0) is 31.7 Å². The maximum atomic E-state index is 5.68. The summed E-state index contributed by atoms with van der Waals surface area (Å²) in [5.41, 5.74) is 1.28. The van der Waals surface area contributed by atoms with Crippen LogP contribution in [0.5, 0.6) is 0 Å². The predicted octanol–water partition coefficient (Wildman–Crippen LogP) is 1.92. The Morgan fingerprint density at radius 1 is 1.42 bits per heavy atom. The second-order valence-corrected chi connectivity index (χ2v) is 6.53. The summed E-state index contributed by atoms with van der Waals surface area (Å²) in [7, 11) is 3.65. The van der Waals surface area contributed by atoms with E-state index in [2.05, 4.69) is 28.4 Å². The van der Waals surface area contributed by atoms with Crippen LogP contribution >= 0.6 is 24.0 Å². The average Bonchev–Trinajstić information content (AvgIpc) is 3.24. The number of ether oxygens (including phenoxy) is 2. The van der Waals surface area contributed by atoms with Gasteiger partial charge in [0.1, 0.15) is 0 Å². The first-order valence-corrected chi connectivity index (χ1v) is 9.30. The van der Waals surface area contributed by atoms with E-state index >= 15 is 0 Å². The lowest BCUT2D eigenvalue weighted by Gasteiger charge is -2.21. The van der Waals surface area contributed by atoms with Crippen LogP contribution in [0, 0.1) is 5.92 Å². The Morgan fingerprint density at radius 3 is 2.96 bits per heavy atom. The van der Waals surface area contributed by atoms with E-state index < -0.39 is 0 Å². The Bertz CT molecular complexity index is 523. The molecule has 0 aliphatic carbocycles. The van der Waals surface area contributed by atoms with Gasteiger partial charge in [-0.15, -0.1) is 24.0 Å². The number of rotatable bonds is 10. The molecule has 0 bridgehead atoms. The number of aryl methyl sites for hydroxylation is 2. The lowest BCUT2D eigenvalue weighted by Crippen LogP contribution is -2.40. The molecule has 0 amide bonds. The SMILES string of the molecule is CCNC(=NCCCc1cnn(C)c1)N1CCC(COCCOC)C1.I. The smallest absolute Gasteiger partial charge is 0.193 e. The maximum Gasteiger partial charge on any atom is 0.193 e. The summed E-state index contributed by atoms with van der Waals surface area (Å²) in [5, 5.41) is 7.63. The third-order valence-electron chi connectivity index (χ3n) is 4.35. The molecule has 150 valence electrons. The van der Waals surface area contributed by atoms with Crippen molar-refractivity contribution in [2.75, 3.05) is 53.1 Å². The van der Waals surface area contributed by atoms with E-state index in [1.807, 2.05) is 17.9 Å². The summed E-state index contributed by atoms with van der Waals surface area (Å²) in [5.74, 6) is 1.61. The van der Waals surface area contributed by atoms with Gasteiger partial charge in [0.25, 0.3) is 0 Å². The number of aromatic nitrogens is 2. The van der Waals surface area contributed by atoms with Gasteiger partial charge < -0.3 is 19.7 Å². The van der Waals surface area contributed by atoms with Crippen molar-refractivity contribution in [2.24, 2.45) is 18.0 Å². The third kappa shape index (κ3) is 8.22. The van der Waals surface area contributed by atoms with Crippen molar-refractivity contribution in [1.82, 2.24) is 20.0 Å². The largest absolute Gasteiger partial charge is 0.382 e. The van der Waals surface area contributed by atoms with Crippen molar-refractivity contribution in [2.45, 2.75) is 26.2 Å². The molecular weight excluding hydrogens is 445 g/mol. The van der Waals surface area contributed by atoms with Crippen LogP contribution in [0.25, 0.3) is 0 Å². The van der Waals surface area contributed by atoms with Crippen LogP contribution < -0.4 is 5.32 Å². The highest BCUT2D eigenvalue weighted by Crippen LogP contribution is 2.16. The summed E-state index contributed by atoms with van der Waals surface area (Å²) < 4.78 is 12.5. The van der Waals surface area contributed by atoms with Crippen LogP contribution in [0.4, 0.5) is 0 Å². The monoisotopic (exact) mass is 479 g/mol. The van der Waals surface area contributed by atoms with E-state index in [-0.39, 0.29) is 24.0 Å². The fraction of sp³-hybridized carbons (Fsp3) is 0.778. The summed E-state index contributed by atoms with van der Waals surface area (Å²) >= 11 is 0. The molecule has 1 aromatic rings. The number of aliphatic imine (C=N–C) groups is 1. The highest BCUT2D eigenvalue weighted by atomic mass is 127.